The molecular weight excluding hydrogens is 449 g/mol. The largest absolute Gasteiger partial charge is 0.345 e. The Hall–Kier alpha value is -3.27. The molecule has 3 aromatic rings. The van der Waals surface area contributed by atoms with Gasteiger partial charge >= 0.3 is 0 Å². The van der Waals surface area contributed by atoms with E-state index in [1.165, 1.54) is 17.2 Å². The Morgan fingerprint density at radius 1 is 0.889 bits per heavy atom. The lowest BCUT2D eigenvalue weighted by atomic mass is 9.93. The smallest absolute Gasteiger partial charge is 0.252 e. The highest BCUT2D eigenvalue weighted by Gasteiger charge is 2.20. The number of hydrogen-bond donors (Lipinski definition) is 1. The molecule has 1 N–H and O–H groups in total. The Bertz CT molecular complexity index is 1190. The van der Waals surface area contributed by atoms with Crippen molar-refractivity contribution in [2.45, 2.75) is 72.8 Å². The molecule has 0 fully saturated rings. The first kappa shape index (κ1) is 27.3. The van der Waals surface area contributed by atoms with Crippen LogP contribution in [-0.2, 0) is 24.1 Å². The summed E-state index contributed by atoms with van der Waals surface area (Å²) in [7, 11) is 0. The van der Waals surface area contributed by atoms with Crippen molar-refractivity contribution in [2.75, 3.05) is 0 Å². The molecule has 0 aromatic heterocycles. The van der Waals surface area contributed by atoms with E-state index in [-0.39, 0.29) is 17.8 Å². The topological polar surface area (TPSA) is 46.2 Å². The highest BCUT2D eigenvalue weighted by Crippen LogP contribution is 2.25. The van der Waals surface area contributed by atoms with Gasteiger partial charge in [-0.15, -0.1) is 0 Å². The molecule has 0 heterocycles. The molecule has 0 radical (unpaired) electrons. The molecule has 36 heavy (non-hydrogen) atoms. The van der Waals surface area contributed by atoms with E-state index >= 15 is 0 Å². The van der Waals surface area contributed by atoms with Gasteiger partial charge in [0.2, 0.25) is 0 Å². The lowest BCUT2D eigenvalue weighted by molar-refractivity contribution is -0.107. The van der Waals surface area contributed by atoms with Gasteiger partial charge in [0.1, 0.15) is 12.1 Å². The highest BCUT2D eigenvalue weighted by molar-refractivity contribution is 5.96. The molecule has 0 bridgehead atoms. The van der Waals surface area contributed by atoms with Crippen LogP contribution in [0.25, 0.3) is 0 Å². The second-order valence-corrected chi connectivity index (χ2v) is 10.3. The molecule has 1 unspecified atom stereocenters. The molecule has 1 amide bonds. The van der Waals surface area contributed by atoms with Crippen LogP contribution in [0.2, 0.25) is 0 Å². The fourth-order valence-electron chi connectivity index (χ4n) is 4.81. The second kappa shape index (κ2) is 12.6. The van der Waals surface area contributed by atoms with Crippen molar-refractivity contribution >= 4 is 12.2 Å². The highest BCUT2D eigenvalue weighted by atomic mass is 19.1. The average Bonchev–Trinajstić information content (AvgIpc) is 2.82. The summed E-state index contributed by atoms with van der Waals surface area (Å²) in [6, 6.07) is 17.1. The quantitative estimate of drug-likeness (QED) is 0.291. The van der Waals surface area contributed by atoms with Crippen molar-refractivity contribution in [3.05, 3.63) is 105 Å². The van der Waals surface area contributed by atoms with Crippen LogP contribution in [-0.4, -0.2) is 12.2 Å². The molecule has 0 aliphatic rings. The van der Waals surface area contributed by atoms with Gasteiger partial charge in [0.05, 0.1) is 6.04 Å². The minimum absolute atomic E-state index is 0.103. The number of carbonyl (C=O) groups is 2. The van der Waals surface area contributed by atoms with E-state index in [1.807, 2.05) is 25.1 Å². The summed E-state index contributed by atoms with van der Waals surface area (Å²) in [5.41, 5.74) is 7.99. The van der Waals surface area contributed by atoms with E-state index in [0.717, 1.165) is 40.5 Å². The van der Waals surface area contributed by atoms with Crippen LogP contribution in [0.1, 0.15) is 82.0 Å². The molecule has 190 valence electrons. The summed E-state index contributed by atoms with van der Waals surface area (Å²) < 4.78 is 13.7. The van der Waals surface area contributed by atoms with E-state index in [0.29, 0.717) is 37.2 Å². The van der Waals surface area contributed by atoms with Gasteiger partial charge < -0.3 is 10.1 Å². The summed E-state index contributed by atoms with van der Waals surface area (Å²) in [5.74, 6) is 0.0541. The van der Waals surface area contributed by atoms with E-state index in [2.05, 4.69) is 51.2 Å². The fraction of sp³-hybridized carbons (Fsp3) is 0.375. The monoisotopic (exact) mass is 487 g/mol. The van der Waals surface area contributed by atoms with Crippen molar-refractivity contribution in [3.63, 3.8) is 0 Å². The average molecular weight is 488 g/mol. The van der Waals surface area contributed by atoms with Crippen LogP contribution in [0.3, 0.4) is 0 Å². The van der Waals surface area contributed by atoms with E-state index in [9.17, 15) is 14.0 Å². The molecule has 0 saturated heterocycles. The molecular formula is C32H38FNO2. The maximum absolute atomic E-state index is 13.7. The maximum atomic E-state index is 13.7. The molecule has 0 saturated carbocycles. The molecule has 3 nitrogen and oxygen atoms in total. The lowest BCUT2D eigenvalue weighted by Gasteiger charge is -2.23. The summed E-state index contributed by atoms with van der Waals surface area (Å²) >= 11 is 0. The van der Waals surface area contributed by atoms with E-state index in [1.54, 1.807) is 12.1 Å². The Kier molecular flexibility index (Phi) is 9.58. The normalized spacial score (nSPS) is 12.0. The first-order valence-corrected chi connectivity index (χ1v) is 12.9. The minimum atomic E-state index is -0.234. The standard InChI is InChI=1S/C32H38FNO2/c1-21(2)15-31(28-17-22(3)16-23(4)18-28)34-32(36)30-19-25(9-11-26(30)7-6-14-35)10-12-27-20-29(33)13-8-24(27)5/h8-9,11,13-14,16-21,31H,6-7,10,12,15H2,1-5H3,(H,34,36). The zero-order valence-corrected chi connectivity index (χ0v) is 22.2. The zero-order valence-electron chi connectivity index (χ0n) is 22.2. The van der Waals surface area contributed by atoms with E-state index in [4.69, 9.17) is 0 Å². The Balaban J connectivity index is 1.88. The van der Waals surface area contributed by atoms with Crippen molar-refractivity contribution in [1.29, 1.82) is 0 Å². The lowest BCUT2D eigenvalue weighted by Crippen LogP contribution is -2.30. The van der Waals surface area contributed by atoms with Crippen molar-refractivity contribution < 1.29 is 14.0 Å². The number of halogens is 1. The third-order valence-electron chi connectivity index (χ3n) is 6.60. The molecule has 0 aliphatic carbocycles. The molecule has 0 spiro atoms. The molecule has 0 aliphatic heterocycles. The van der Waals surface area contributed by atoms with Gasteiger partial charge in [-0.2, -0.15) is 0 Å². The van der Waals surface area contributed by atoms with Crippen molar-refractivity contribution in [3.8, 4) is 0 Å². The maximum Gasteiger partial charge on any atom is 0.252 e. The summed E-state index contributed by atoms with van der Waals surface area (Å²) in [4.78, 5) is 24.7. The van der Waals surface area contributed by atoms with Crippen molar-refractivity contribution in [2.24, 2.45) is 5.92 Å². The first-order chi connectivity index (χ1) is 17.2. The Morgan fingerprint density at radius 2 is 1.61 bits per heavy atom. The number of amides is 1. The number of aryl methyl sites for hydroxylation is 6. The number of carbonyl (C=O) groups excluding carboxylic acids is 2. The van der Waals surface area contributed by atoms with Crippen molar-refractivity contribution in [1.82, 2.24) is 5.32 Å². The van der Waals surface area contributed by atoms with Gasteiger partial charge in [-0.05, 0) is 98.4 Å². The number of hydrogen-bond acceptors (Lipinski definition) is 2. The van der Waals surface area contributed by atoms with Gasteiger partial charge in [-0.1, -0.05) is 61.4 Å². The number of rotatable bonds is 11. The predicted molar refractivity (Wildman–Crippen MR) is 145 cm³/mol. The van der Waals surface area contributed by atoms with Gasteiger partial charge in [-0.25, -0.2) is 4.39 Å². The van der Waals surface area contributed by atoms with Gasteiger partial charge in [-0.3, -0.25) is 4.79 Å². The third-order valence-corrected chi connectivity index (χ3v) is 6.60. The zero-order chi connectivity index (χ0) is 26.2. The van der Waals surface area contributed by atoms with Crippen LogP contribution in [0.5, 0.6) is 0 Å². The molecule has 3 aromatic carbocycles. The number of nitrogens with one attached hydrogen (secondary N) is 1. The number of benzene rings is 3. The number of aldehydes is 1. The molecule has 3 rings (SSSR count). The van der Waals surface area contributed by atoms with Crippen LogP contribution in [0.15, 0.2) is 54.6 Å². The first-order valence-electron chi connectivity index (χ1n) is 12.9. The summed E-state index contributed by atoms with van der Waals surface area (Å²) in [6.07, 6.45) is 4.00. The third kappa shape index (κ3) is 7.61. The second-order valence-electron chi connectivity index (χ2n) is 10.3. The van der Waals surface area contributed by atoms with Gasteiger partial charge in [0.15, 0.2) is 0 Å². The van der Waals surface area contributed by atoms with E-state index < -0.39 is 0 Å². The molecule has 1 atom stereocenters. The van der Waals surface area contributed by atoms with Gasteiger partial charge in [0.25, 0.3) is 5.91 Å². The van der Waals surface area contributed by atoms with Crippen LogP contribution in [0.4, 0.5) is 4.39 Å². The van der Waals surface area contributed by atoms with Crippen LogP contribution >= 0.6 is 0 Å². The van der Waals surface area contributed by atoms with Crippen LogP contribution in [0, 0.1) is 32.5 Å². The summed E-state index contributed by atoms with van der Waals surface area (Å²) in [6.45, 7) is 10.5. The Labute approximate surface area is 215 Å². The molecule has 4 heteroatoms. The SMILES string of the molecule is Cc1cc(C)cc(C(CC(C)C)NC(=O)c2cc(CCc3cc(F)ccc3C)ccc2CCC=O)c1. The van der Waals surface area contributed by atoms with Gasteiger partial charge in [0, 0.05) is 12.0 Å². The Morgan fingerprint density at radius 3 is 2.28 bits per heavy atom. The van der Waals surface area contributed by atoms with Crippen LogP contribution < -0.4 is 5.32 Å². The minimum Gasteiger partial charge on any atom is -0.345 e. The fourth-order valence-corrected chi connectivity index (χ4v) is 4.81. The predicted octanol–water partition coefficient (Wildman–Crippen LogP) is 7.18. The summed E-state index contributed by atoms with van der Waals surface area (Å²) in [5, 5.41) is 3.29.